The van der Waals surface area contributed by atoms with Gasteiger partial charge in [0.05, 0.1) is 17.0 Å². The summed E-state index contributed by atoms with van der Waals surface area (Å²) in [5, 5.41) is 0.527. The van der Waals surface area contributed by atoms with E-state index in [0.717, 1.165) is 31.9 Å². The Labute approximate surface area is 322 Å². The molecule has 0 spiro atoms. The lowest BCUT2D eigenvalue weighted by atomic mass is 9.95. The van der Waals surface area contributed by atoms with Gasteiger partial charge in [0, 0.05) is 68.9 Å². The van der Waals surface area contributed by atoms with Gasteiger partial charge in [-0.3, -0.25) is 14.7 Å². The van der Waals surface area contributed by atoms with Gasteiger partial charge in [-0.15, -0.1) is 0 Å². The number of amides is 2. The van der Waals surface area contributed by atoms with Crippen molar-refractivity contribution in [3.8, 4) is 17.3 Å². The zero-order valence-electron chi connectivity index (χ0n) is 31.9. The highest BCUT2D eigenvalue weighted by Crippen LogP contribution is 2.41. The third-order valence-corrected chi connectivity index (χ3v) is 11.6. The van der Waals surface area contributed by atoms with Crippen molar-refractivity contribution in [3.05, 3.63) is 66.1 Å². The lowest BCUT2D eigenvalue weighted by Gasteiger charge is -2.39. The lowest BCUT2D eigenvalue weighted by molar-refractivity contribution is -0.125. The molecule has 0 saturated carbocycles. The van der Waals surface area contributed by atoms with Crippen LogP contribution in [-0.2, 0) is 9.53 Å². The van der Waals surface area contributed by atoms with Crippen LogP contribution in [0, 0.1) is 17.5 Å². The minimum absolute atomic E-state index is 0.0597. The molecule has 56 heavy (non-hydrogen) atoms. The second kappa shape index (κ2) is 14.5. The summed E-state index contributed by atoms with van der Waals surface area (Å²) in [6, 6.07) is 6.57. The zero-order chi connectivity index (χ0) is 39.5. The highest BCUT2D eigenvalue weighted by Gasteiger charge is 2.49. The number of anilines is 1. The molecule has 11 nitrogen and oxygen atoms in total. The van der Waals surface area contributed by atoms with E-state index in [0.29, 0.717) is 50.2 Å². The average molecular weight is 776 g/mol. The Morgan fingerprint density at radius 2 is 1.86 bits per heavy atom. The molecule has 4 aliphatic heterocycles. The van der Waals surface area contributed by atoms with Crippen LogP contribution in [0.3, 0.4) is 0 Å². The van der Waals surface area contributed by atoms with Crippen LogP contribution in [0.25, 0.3) is 32.9 Å². The fourth-order valence-corrected chi connectivity index (χ4v) is 8.58. The van der Waals surface area contributed by atoms with Gasteiger partial charge in [0.15, 0.2) is 17.5 Å². The Hall–Kier alpha value is -5.05. The smallest absolute Gasteiger partial charge is 0.410 e. The molecule has 0 N–H and O–H groups in total. The molecule has 8 rings (SSSR count). The lowest BCUT2D eigenvalue weighted by Crippen LogP contribution is -2.51. The number of nitrogens with zero attached hydrogens (tertiary/aromatic N) is 7. The average Bonchev–Trinajstić information content (AvgIpc) is 3.86. The first-order valence-electron chi connectivity index (χ1n) is 19.2. The molecule has 296 valence electrons. The van der Waals surface area contributed by atoms with Crippen molar-refractivity contribution >= 4 is 39.5 Å². The molecule has 0 bridgehead atoms. The molecule has 4 saturated heterocycles. The van der Waals surface area contributed by atoms with Crippen molar-refractivity contribution < 1.29 is 36.6 Å². The van der Waals surface area contributed by atoms with Gasteiger partial charge < -0.3 is 24.2 Å². The van der Waals surface area contributed by atoms with E-state index in [1.54, 1.807) is 55.8 Å². The maximum Gasteiger partial charge on any atom is 0.410 e. The number of benzene rings is 2. The van der Waals surface area contributed by atoms with Gasteiger partial charge in [0.1, 0.15) is 35.4 Å². The monoisotopic (exact) mass is 775 g/mol. The SMILES string of the molecule is CN(c1nc(OC[C@@]23CCCN2C[C@H](F)C3)nc2c(F)c(-c3cccc4ccc(F)c(F)c34)ncc12)[C@@H]1CCN(C(=O)/C=C/[C@H]2CCN2C(=O)OC(C)(C)C)C1. The van der Waals surface area contributed by atoms with Gasteiger partial charge in [0.25, 0.3) is 0 Å². The maximum absolute atomic E-state index is 16.8. The van der Waals surface area contributed by atoms with Crippen LogP contribution >= 0.6 is 0 Å². The fraction of sp³-hybridized carbons (Fsp3) is 0.488. The van der Waals surface area contributed by atoms with E-state index in [4.69, 9.17) is 14.5 Å². The number of carbonyl (C=O) groups is 2. The van der Waals surface area contributed by atoms with E-state index in [1.807, 2.05) is 4.90 Å². The van der Waals surface area contributed by atoms with Crippen molar-refractivity contribution in [2.75, 3.05) is 51.3 Å². The fourth-order valence-electron chi connectivity index (χ4n) is 8.58. The number of hydrogen-bond donors (Lipinski definition) is 0. The van der Waals surface area contributed by atoms with E-state index < -0.39 is 40.9 Å². The molecule has 4 aromatic rings. The number of halogens is 4. The van der Waals surface area contributed by atoms with Gasteiger partial charge in [-0.2, -0.15) is 9.97 Å². The van der Waals surface area contributed by atoms with E-state index in [1.165, 1.54) is 24.4 Å². The maximum atomic E-state index is 16.8. The second-order valence-corrected chi connectivity index (χ2v) is 16.4. The number of aromatic nitrogens is 3. The molecule has 2 amide bonds. The predicted molar refractivity (Wildman–Crippen MR) is 203 cm³/mol. The molecule has 15 heteroatoms. The summed E-state index contributed by atoms with van der Waals surface area (Å²) in [4.78, 5) is 46.8. The third kappa shape index (κ3) is 6.98. The zero-order valence-corrected chi connectivity index (χ0v) is 31.9. The minimum Gasteiger partial charge on any atom is -0.461 e. The van der Waals surface area contributed by atoms with Gasteiger partial charge in [-0.05, 0) is 64.5 Å². The van der Waals surface area contributed by atoms with Crippen molar-refractivity contribution in [2.45, 2.75) is 82.3 Å². The topological polar surface area (TPSA) is 104 Å². The van der Waals surface area contributed by atoms with Crippen LogP contribution in [0.5, 0.6) is 6.01 Å². The van der Waals surface area contributed by atoms with Crippen LogP contribution in [0.2, 0.25) is 0 Å². The summed E-state index contributed by atoms with van der Waals surface area (Å²) >= 11 is 0. The van der Waals surface area contributed by atoms with Crippen LogP contribution < -0.4 is 9.64 Å². The first-order valence-corrected chi connectivity index (χ1v) is 19.2. The molecule has 6 heterocycles. The molecular formula is C41H45F4N7O4. The quantitative estimate of drug-likeness (QED) is 0.141. The Bertz CT molecular complexity index is 2230. The summed E-state index contributed by atoms with van der Waals surface area (Å²) in [7, 11) is 1.80. The van der Waals surface area contributed by atoms with Crippen LogP contribution in [0.1, 0.15) is 52.9 Å². The number of pyridine rings is 1. The third-order valence-electron chi connectivity index (χ3n) is 11.6. The first-order chi connectivity index (χ1) is 26.7. The van der Waals surface area contributed by atoms with E-state index in [-0.39, 0.29) is 58.2 Å². The van der Waals surface area contributed by atoms with Crippen LogP contribution in [-0.4, -0.2) is 117 Å². The Balaban J connectivity index is 1.08. The summed E-state index contributed by atoms with van der Waals surface area (Å²) in [5.41, 5.74) is -1.43. The van der Waals surface area contributed by atoms with Crippen molar-refractivity contribution in [1.29, 1.82) is 0 Å². The van der Waals surface area contributed by atoms with E-state index >= 15 is 8.78 Å². The van der Waals surface area contributed by atoms with Gasteiger partial charge in [0.2, 0.25) is 5.91 Å². The normalized spacial score (nSPS) is 24.0. The molecular weight excluding hydrogens is 730 g/mol. The van der Waals surface area contributed by atoms with Crippen molar-refractivity contribution in [1.82, 2.24) is 29.7 Å². The number of rotatable bonds is 8. The van der Waals surface area contributed by atoms with Gasteiger partial charge in [-0.25, -0.2) is 22.4 Å². The first kappa shape index (κ1) is 37.9. The molecule has 4 atom stereocenters. The summed E-state index contributed by atoms with van der Waals surface area (Å²) in [6.45, 7) is 7.97. The number of carbonyl (C=O) groups excluding carboxylic acids is 2. The van der Waals surface area contributed by atoms with Gasteiger partial charge in [-0.1, -0.05) is 30.3 Å². The molecule has 4 aliphatic rings. The van der Waals surface area contributed by atoms with Gasteiger partial charge >= 0.3 is 12.1 Å². The van der Waals surface area contributed by atoms with E-state index in [9.17, 15) is 18.4 Å². The van der Waals surface area contributed by atoms with Crippen molar-refractivity contribution in [3.63, 3.8) is 0 Å². The Morgan fingerprint density at radius 1 is 1.04 bits per heavy atom. The largest absolute Gasteiger partial charge is 0.461 e. The summed E-state index contributed by atoms with van der Waals surface area (Å²) in [6.07, 6.45) is 6.53. The number of fused-ring (bicyclic) bond motifs is 3. The second-order valence-electron chi connectivity index (χ2n) is 16.4. The molecule has 0 unspecified atom stereocenters. The highest BCUT2D eigenvalue weighted by molar-refractivity contribution is 5.99. The number of likely N-dealkylation sites (N-methyl/N-ethyl adjacent to an activating group) is 1. The number of alkyl halides is 1. The number of hydrogen-bond acceptors (Lipinski definition) is 9. The molecule has 0 radical (unpaired) electrons. The molecule has 2 aromatic carbocycles. The minimum atomic E-state index is -1.11. The summed E-state index contributed by atoms with van der Waals surface area (Å²) < 4.78 is 72.8. The van der Waals surface area contributed by atoms with Crippen molar-refractivity contribution in [2.24, 2.45) is 0 Å². The summed E-state index contributed by atoms with van der Waals surface area (Å²) in [5.74, 6) is -2.94. The predicted octanol–water partition coefficient (Wildman–Crippen LogP) is 6.82. The number of ether oxygens (including phenoxy) is 2. The molecule has 4 fully saturated rings. The standard InChI is InChI=1S/C41H45F4N7O4/c1-40(2,3)56-39(54)52-18-14-26(52)10-12-31(53)50-17-13-27(22-50)49(4)37-29-20-46-35(28-8-5-7-24-9-11-30(43)33(44)32(24)28)34(45)36(29)47-38(48-37)55-23-41-15-6-16-51(41)21-25(42)19-41/h5,7-12,20,25-27H,6,13-19,21-23H2,1-4H3/b12-10+/t25-,26+,27-,41+/m1/s1. The van der Waals surface area contributed by atoms with Crippen LogP contribution in [0.4, 0.5) is 28.2 Å². The number of likely N-dealkylation sites (tertiary alicyclic amines) is 2. The molecule has 2 aromatic heterocycles. The highest BCUT2D eigenvalue weighted by atomic mass is 19.2. The van der Waals surface area contributed by atoms with Crippen LogP contribution in [0.15, 0.2) is 48.7 Å². The molecule has 0 aliphatic carbocycles. The Kier molecular flexibility index (Phi) is 9.78. The Morgan fingerprint density at radius 3 is 2.62 bits per heavy atom. The van der Waals surface area contributed by atoms with E-state index in [2.05, 4.69) is 14.9 Å².